The molecule has 0 saturated heterocycles. The van der Waals surface area contributed by atoms with Crippen molar-refractivity contribution in [1.29, 1.82) is 0 Å². The van der Waals surface area contributed by atoms with Crippen LogP contribution in [0.3, 0.4) is 0 Å². The fraction of sp³-hybridized carbons (Fsp3) is 0.776. The van der Waals surface area contributed by atoms with Crippen LogP contribution in [0.4, 0.5) is 0 Å². The van der Waals surface area contributed by atoms with Crippen molar-refractivity contribution in [3.05, 3.63) is 0 Å². The number of carbonyl (C=O) groups excluding carboxylic acids is 6. The molecular formula is C49H82N4O16. The second-order valence-electron chi connectivity index (χ2n) is 18.3. The molecule has 0 bridgehead atoms. The molecule has 0 unspecified atom stereocenters. The Morgan fingerprint density at radius 1 is 0.391 bits per heavy atom. The summed E-state index contributed by atoms with van der Waals surface area (Å²) in [5.74, 6) is -12.5. The third-order valence-electron chi connectivity index (χ3n) is 12.2. The van der Waals surface area contributed by atoms with Gasteiger partial charge >= 0.3 is 29.8 Å². The Labute approximate surface area is 406 Å². The quantitative estimate of drug-likeness (QED) is 0.0312. The molecule has 0 aromatic carbocycles. The van der Waals surface area contributed by atoms with Crippen molar-refractivity contribution >= 4 is 65.0 Å². The fourth-order valence-electron chi connectivity index (χ4n) is 7.73. The van der Waals surface area contributed by atoms with Crippen molar-refractivity contribution in [3.63, 3.8) is 0 Å². The average molecular weight is 983 g/mol. The summed E-state index contributed by atoms with van der Waals surface area (Å²) in [4.78, 5) is 132. The van der Waals surface area contributed by atoms with E-state index in [4.69, 9.17) is 10.8 Å². The first-order valence-corrected chi connectivity index (χ1v) is 25.0. The van der Waals surface area contributed by atoms with Gasteiger partial charge in [0.05, 0.1) is 11.8 Å². The second kappa shape index (κ2) is 39.4. The molecule has 0 aliphatic rings. The average Bonchev–Trinajstić information content (AvgIpc) is 3.27. The van der Waals surface area contributed by atoms with Crippen LogP contribution in [0.1, 0.15) is 206 Å². The van der Waals surface area contributed by atoms with Crippen LogP contribution in [-0.4, -0.2) is 109 Å². The number of carbonyl (C=O) groups is 11. The zero-order valence-electron chi connectivity index (χ0n) is 40.8. The van der Waals surface area contributed by atoms with Gasteiger partial charge in [0.15, 0.2) is 0 Å². The van der Waals surface area contributed by atoms with Crippen LogP contribution in [0.25, 0.3) is 0 Å². The highest BCUT2D eigenvalue weighted by Crippen LogP contribution is 2.19. The van der Waals surface area contributed by atoms with Crippen LogP contribution in [-0.2, 0) is 52.7 Å². The number of nitrogens with one attached hydrogen (secondary N) is 3. The highest BCUT2D eigenvalue weighted by molar-refractivity contribution is 5.88. The second-order valence-corrected chi connectivity index (χ2v) is 18.3. The molecular weight excluding hydrogens is 901 g/mol. The maximum absolute atomic E-state index is 12.7. The minimum Gasteiger partial charge on any atom is -0.481 e. The summed E-state index contributed by atoms with van der Waals surface area (Å²) in [6, 6.07) is -3.00. The number of unbranched alkanes of at least 4 members (excludes halogenated alkanes) is 16. The van der Waals surface area contributed by atoms with E-state index in [0.29, 0.717) is 32.2 Å². The molecule has 69 heavy (non-hydrogen) atoms. The Morgan fingerprint density at radius 3 is 1.13 bits per heavy atom. The highest BCUT2D eigenvalue weighted by Gasteiger charge is 2.28. The molecule has 5 atom stereocenters. The first-order valence-electron chi connectivity index (χ1n) is 25.0. The van der Waals surface area contributed by atoms with E-state index in [9.17, 15) is 73.2 Å². The SMILES string of the molecule is C[C@@H](CCCCNC(=O)CC[C@H](NC(=O)CC[C@H](CC(=O)CC[C@H](NC(=O)CC[C@H](CC(=O)CCCCCCCCCCCCCCCCCCC(=O)O)C(=O)O)C(=O)O)C(=O)O)C(=O)O)C(N)=O. The minimum atomic E-state index is -1.55. The number of ketones is 2. The van der Waals surface area contributed by atoms with E-state index < -0.39 is 109 Å². The summed E-state index contributed by atoms with van der Waals surface area (Å²) in [5, 5.41) is 54.4. The topological polar surface area (TPSA) is 351 Å². The molecule has 0 saturated carbocycles. The molecule has 0 radical (unpaired) electrons. The predicted molar refractivity (Wildman–Crippen MR) is 254 cm³/mol. The maximum Gasteiger partial charge on any atom is 0.326 e. The lowest BCUT2D eigenvalue weighted by atomic mass is 9.94. The van der Waals surface area contributed by atoms with E-state index in [1.807, 2.05) is 0 Å². The molecule has 20 heteroatoms. The largest absolute Gasteiger partial charge is 0.481 e. The maximum atomic E-state index is 12.7. The number of hydrogen-bond acceptors (Lipinski definition) is 11. The van der Waals surface area contributed by atoms with E-state index in [1.165, 1.54) is 38.5 Å². The molecule has 0 fully saturated rings. The Balaban J connectivity index is 4.50. The Hall–Kier alpha value is -5.43. The molecule has 4 amide bonds. The highest BCUT2D eigenvalue weighted by atomic mass is 16.4. The molecule has 0 heterocycles. The minimum absolute atomic E-state index is 0.216. The number of nitrogens with two attached hydrogens (primary N) is 1. The molecule has 0 aromatic heterocycles. The molecule has 0 rings (SSSR count). The van der Waals surface area contributed by atoms with Gasteiger partial charge in [-0.15, -0.1) is 0 Å². The van der Waals surface area contributed by atoms with Crippen molar-refractivity contribution in [3.8, 4) is 0 Å². The van der Waals surface area contributed by atoms with Crippen molar-refractivity contribution in [2.24, 2.45) is 23.5 Å². The molecule has 0 aromatic rings. The third-order valence-corrected chi connectivity index (χ3v) is 12.2. The lowest BCUT2D eigenvalue weighted by molar-refractivity contribution is -0.145. The van der Waals surface area contributed by atoms with E-state index in [2.05, 4.69) is 16.0 Å². The van der Waals surface area contributed by atoms with Gasteiger partial charge in [-0.1, -0.05) is 103 Å². The number of carboxylic acid groups (broad SMARTS) is 5. The van der Waals surface area contributed by atoms with Gasteiger partial charge in [0.25, 0.3) is 0 Å². The molecule has 0 aliphatic heterocycles. The summed E-state index contributed by atoms with van der Waals surface area (Å²) in [5.41, 5.74) is 5.22. The Morgan fingerprint density at radius 2 is 0.754 bits per heavy atom. The van der Waals surface area contributed by atoms with Crippen LogP contribution >= 0.6 is 0 Å². The van der Waals surface area contributed by atoms with E-state index >= 15 is 0 Å². The smallest absolute Gasteiger partial charge is 0.326 e. The van der Waals surface area contributed by atoms with Gasteiger partial charge in [-0.05, 0) is 51.4 Å². The fourth-order valence-corrected chi connectivity index (χ4v) is 7.73. The normalized spacial score (nSPS) is 13.2. The predicted octanol–water partition coefficient (Wildman–Crippen LogP) is 6.08. The van der Waals surface area contributed by atoms with Crippen LogP contribution in [0.5, 0.6) is 0 Å². The number of aliphatic carboxylic acids is 5. The monoisotopic (exact) mass is 983 g/mol. The van der Waals surface area contributed by atoms with Crippen molar-refractivity contribution < 1.29 is 78.3 Å². The summed E-state index contributed by atoms with van der Waals surface area (Å²) in [6.45, 7) is 1.99. The Bertz CT molecular complexity index is 1620. The number of carboxylic acids is 5. The molecule has 20 nitrogen and oxygen atoms in total. The van der Waals surface area contributed by atoms with E-state index in [1.54, 1.807) is 6.92 Å². The first kappa shape index (κ1) is 63.6. The molecule has 394 valence electrons. The summed E-state index contributed by atoms with van der Waals surface area (Å²) in [7, 11) is 0. The molecule has 0 spiro atoms. The van der Waals surface area contributed by atoms with Gasteiger partial charge in [0, 0.05) is 63.8 Å². The van der Waals surface area contributed by atoms with Crippen molar-refractivity contribution in [2.45, 2.75) is 218 Å². The molecule has 10 N–H and O–H groups in total. The van der Waals surface area contributed by atoms with Crippen LogP contribution < -0.4 is 21.7 Å². The number of hydrogen-bond donors (Lipinski definition) is 9. The zero-order valence-corrected chi connectivity index (χ0v) is 40.8. The standard InChI is InChI=1S/C49H82N4O16/c1-34(45(50)61)20-18-19-31-51-41(56)30-27-40(49(68)69)53-43(58)29-24-36(47(64)65)33-38(55)25-26-39(48(66)67)52-42(57)28-23-35(46(62)63)32-37(54)21-16-14-12-10-8-6-4-2-3-5-7-9-11-13-15-17-22-44(59)60/h34-36,39-40H,2-33H2,1H3,(H2,50,61)(H,51,56)(H,52,57)(H,53,58)(H,59,60)(H,62,63)(H,64,65)(H,66,67)(H,68,69)/t34-,35+,36+,39-,40-/m0/s1. The van der Waals surface area contributed by atoms with Crippen LogP contribution in [0.2, 0.25) is 0 Å². The van der Waals surface area contributed by atoms with Crippen LogP contribution in [0, 0.1) is 17.8 Å². The van der Waals surface area contributed by atoms with Gasteiger partial charge in [-0.3, -0.25) is 43.2 Å². The lowest BCUT2D eigenvalue weighted by Gasteiger charge is -2.17. The number of amides is 4. The number of rotatable bonds is 47. The summed E-state index contributed by atoms with van der Waals surface area (Å²) in [6.07, 6.45) is 15.7. The number of primary amides is 1. The zero-order chi connectivity index (χ0) is 52.0. The summed E-state index contributed by atoms with van der Waals surface area (Å²) >= 11 is 0. The molecule has 0 aliphatic carbocycles. The van der Waals surface area contributed by atoms with Crippen molar-refractivity contribution in [1.82, 2.24) is 16.0 Å². The number of Topliss-reactive ketones (excluding diaryl/α,β-unsaturated/α-hetero) is 2. The van der Waals surface area contributed by atoms with E-state index in [-0.39, 0.29) is 63.1 Å². The lowest BCUT2D eigenvalue weighted by Crippen LogP contribution is -2.42. The van der Waals surface area contributed by atoms with Gasteiger partial charge in [-0.2, -0.15) is 0 Å². The summed E-state index contributed by atoms with van der Waals surface area (Å²) < 4.78 is 0. The first-order chi connectivity index (χ1) is 32.7. The van der Waals surface area contributed by atoms with Gasteiger partial charge < -0.3 is 47.2 Å². The van der Waals surface area contributed by atoms with Crippen molar-refractivity contribution in [2.75, 3.05) is 6.54 Å². The van der Waals surface area contributed by atoms with E-state index in [0.717, 1.165) is 57.8 Å². The third kappa shape index (κ3) is 36.3. The van der Waals surface area contributed by atoms with Gasteiger partial charge in [0.1, 0.15) is 23.7 Å². The van der Waals surface area contributed by atoms with Gasteiger partial charge in [0.2, 0.25) is 23.6 Å². The van der Waals surface area contributed by atoms with Gasteiger partial charge in [-0.25, -0.2) is 9.59 Å². The Kier molecular flexibility index (Phi) is 36.3. The van der Waals surface area contributed by atoms with Crippen LogP contribution in [0.15, 0.2) is 0 Å².